The maximum Gasteiger partial charge on any atom is -0.0216 e. The Kier molecular flexibility index (Phi) is 5.82. The van der Waals surface area contributed by atoms with Gasteiger partial charge in [-0.25, -0.2) is 0 Å². The second-order valence-electron chi connectivity index (χ2n) is 7.35. The molecule has 0 bridgehead atoms. The lowest BCUT2D eigenvalue weighted by Crippen LogP contribution is -1.98. The molecule has 2 rings (SSSR count). The van der Waals surface area contributed by atoms with Gasteiger partial charge in [-0.05, 0) is 45.6 Å². The minimum absolute atomic E-state index is 0.561. The zero-order chi connectivity index (χ0) is 17.0. The van der Waals surface area contributed by atoms with E-state index in [0.29, 0.717) is 17.8 Å². The van der Waals surface area contributed by atoms with E-state index in [-0.39, 0.29) is 0 Å². The van der Waals surface area contributed by atoms with Crippen LogP contribution in [0.1, 0.15) is 87.1 Å². The van der Waals surface area contributed by atoms with E-state index in [1.54, 1.807) is 0 Å². The molecule has 2 aromatic carbocycles. The molecule has 2 aromatic rings. The summed E-state index contributed by atoms with van der Waals surface area (Å²) in [6.45, 7) is 13.6. The van der Waals surface area contributed by atoms with Gasteiger partial charge in [0, 0.05) is 0 Å². The normalized spacial score (nSPS) is 12.0. The van der Waals surface area contributed by atoms with Crippen LogP contribution in [0, 0.1) is 0 Å². The molecule has 0 N–H and O–H groups in total. The lowest BCUT2D eigenvalue weighted by Gasteiger charge is -2.16. The second kappa shape index (κ2) is 7.64. The largest absolute Gasteiger partial charge is 0.0587 e. The molecule has 0 spiro atoms. The van der Waals surface area contributed by atoms with Crippen molar-refractivity contribution in [1.82, 2.24) is 0 Å². The molecular weight excluding hydrogens is 276 g/mol. The Morgan fingerprint density at radius 3 is 1.61 bits per heavy atom. The van der Waals surface area contributed by atoms with Crippen LogP contribution in [0.4, 0.5) is 0 Å². The molecule has 0 atom stereocenters. The molecule has 0 saturated carbocycles. The highest BCUT2D eigenvalue weighted by Crippen LogP contribution is 2.27. The van der Waals surface area contributed by atoms with Crippen molar-refractivity contribution in [1.29, 1.82) is 0 Å². The first-order valence-electron chi connectivity index (χ1n) is 8.80. The molecule has 0 amide bonds. The zero-order valence-electron chi connectivity index (χ0n) is 15.4. The third kappa shape index (κ3) is 4.58. The summed E-state index contributed by atoms with van der Waals surface area (Å²) >= 11 is 0. The van der Waals surface area contributed by atoms with Crippen LogP contribution in [0.15, 0.2) is 42.5 Å². The Hall–Kier alpha value is -1.82. The van der Waals surface area contributed by atoms with Gasteiger partial charge in [0.05, 0.1) is 0 Å². The second-order valence-corrected chi connectivity index (χ2v) is 7.35. The van der Waals surface area contributed by atoms with Crippen LogP contribution in [-0.2, 0) is 0 Å². The van der Waals surface area contributed by atoms with Gasteiger partial charge in [0.15, 0.2) is 0 Å². The number of hydrogen-bond donors (Lipinski definition) is 0. The van der Waals surface area contributed by atoms with Gasteiger partial charge in [-0.15, -0.1) is 0 Å². The van der Waals surface area contributed by atoms with E-state index in [1.807, 2.05) is 0 Å². The van der Waals surface area contributed by atoms with E-state index in [9.17, 15) is 0 Å². The fourth-order valence-corrected chi connectivity index (χ4v) is 2.91. The molecule has 0 nitrogen and oxygen atoms in total. The Morgan fingerprint density at radius 2 is 1.09 bits per heavy atom. The van der Waals surface area contributed by atoms with Crippen LogP contribution in [0.5, 0.6) is 0 Å². The Morgan fingerprint density at radius 1 is 0.565 bits per heavy atom. The van der Waals surface area contributed by atoms with Gasteiger partial charge in [0.2, 0.25) is 0 Å². The summed E-state index contributed by atoms with van der Waals surface area (Å²) < 4.78 is 0. The van der Waals surface area contributed by atoms with E-state index in [1.165, 1.54) is 27.8 Å². The first-order valence-corrected chi connectivity index (χ1v) is 8.80. The maximum atomic E-state index is 2.35. The molecular formula is C23H30. The molecule has 0 aliphatic carbocycles. The van der Waals surface area contributed by atoms with Crippen molar-refractivity contribution in [3.8, 4) is 0 Å². The summed E-state index contributed by atoms with van der Waals surface area (Å²) in [7, 11) is 0. The lowest BCUT2D eigenvalue weighted by molar-refractivity contribution is 0.790. The van der Waals surface area contributed by atoms with Crippen LogP contribution >= 0.6 is 0 Å². The molecule has 0 unspecified atom stereocenters. The highest BCUT2D eigenvalue weighted by molar-refractivity contribution is 5.70. The van der Waals surface area contributed by atoms with Crippen molar-refractivity contribution in [2.24, 2.45) is 0 Å². The topological polar surface area (TPSA) is 0 Å². The summed E-state index contributed by atoms with van der Waals surface area (Å²) in [5.74, 6) is 1.73. The minimum Gasteiger partial charge on any atom is -0.0587 e. The first-order chi connectivity index (χ1) is 10.9. The van der Waals surface area contributed by atoms with Gasteiger partial charge >= 0.3 is 0 Å². The monoisotopic (exact) mass is 306 g/mol. The third-order valence-electron chi connectivity index (χ3n) is 4.43. The first kappa shape index (κ1) is 17.5. The fourth-order valence-electron chi connectivity index (χ4n) is 2.91. The molecule has 122 valence electrons. The van der Waals surface area contributed by atoms with Crippen molar-refractivity contribution < 1.29 is 0 Å². The SMILES string of the molecule is CC(C)c1ccc(/C=C/c2ccc(C(C)C)c(C(C)C)c2)cc1. The highest BCUT2D eigenvalue weighted by atomic mass is 14.1. The Labute approximate surface area is 142 Å². The van der Waals surface area contributed by atoms with Gasteiger partial charge in [0.25, 0.3) is 0 Å². The molecule has 0 heteroatoms. The molecule has 0 radical (unpaired) electrons. The fraction of sp³-hybridized carbons (Fsp3) is 0.391. The standard InChI is InChI=1S/C23H30/c1-16(2)21-12-9-19(10-13-21)7-8-20-11-14-22(17(3)4)23(15-20)18(5)6/h7-18H,1-6H3/b8-7+. The third-order valence-corrected chi connectivity index (χ3v) is 4.43. The van der Waals surface area contributed by atoms with Crippen molar-refractivity contribution in [2.45, 2.75) is 59.3 Å². The van der Waals surface area contributed by atoms with Gasteiger partial charge in [-0.1, -0.05) is 96.2 Å². The highest BCUT2D eigenvalue weighted by Gasteiger charge is 2.09. The number of hydrogen-bond acceptors (Lipinski definition) is 0. The van der Waals surface area contributed by atoms with Crippen LogP contribution in [0.2, 0.25) is 0 Å². The zero-order valence-corrected chi connectivity index (χ0v) is 15.4. The van der Waals surface area contributed by atoms with Crippen LogP contribution < -0.4 is 0 Å². The average molecular weight is 306 g/mol. The minimum atomic E-state index is 0.561. The lowest BCUT2D eigenvalue weighted by atomic mass is 9.89. The number of rotatable bonds is 5. The van der Waals surface area contributed by atoms with E-state index >= 15 is 0 Å². The van der Waals surface area contributed by atoms with Crippen molar-refractivity contribution in [3.05, 3.63) is 70.3 Å². The predicted molar refractivity (Wildman–Crippen MR) is 104 cm³/mol. The molecule has 0 saturated heterocycles. The molecule has 23 heavy (non-hydrogen) atoms. The van der Waals surface area contributed by atoms with Crippen LogP contribution in [0.25, 0.3) is 12.2 Å². The Balaban J connectivity index is 2.24. The van der Waals surface area contributed by atoms with Crippen LogP contribution in [0.3, 0.4) is 0 Å². The molecule has 0 aliphatic heterocycles. The number of benzene rings is 2. The van der Waals surface area contributed by atoms with E-state index in [0.717, 1.165) is 0 Å². The predicted octanol–water partition coefficient (Wildman–Crippen LogP) is 7.23. The van der Waals surface area contributed by atoms with E-state index in [2.05, 4.69) is 96.2 Å². The van der Waals surface area contributed by atoms with Crippen LogP contribution in [-0.4, -0.2) is 0 Å². The van der Waals surface area contributed by atoms with E-state index in [4.69, 9.17) is 0 Å². The van der Waals surface area contributed by atoms with Gasteiger partial charge < -0.3 is 0 Å². The van der Waals surface area contributed by atoms with Crippen molar-refractivity contribution in [2.75, 3.05) is 0 Å². The maximum absolute atomic E-state index is 2.35. The molecule has 0 fully saturated rings. The quantitative estimate of drug-likeness (QED) is 0.511. The summed E-state index contributed by atoms with van der Waals surface area (Å²) in [5, 5.41) is 0. The van der Waals surface area contributed by atoms with Crippen molar-refractivity contribution >= 4 is 12.2 Å². The molecule has 0 aromatic heterocycles. The Bertz CT molecular complexity index is 655. The van der Waals surface area contributed by atoms with Gasteiger partial charge in [0.1, 0.15) is 0 Å². The van der Waals surface area contributed by atoms with Crippen molar-refractivity contribution in [3.63, 3.8) is 0 Å². The van der Waals surface area contributed by atoms with E-state index < -0.39 is 0 Å². The summed E-state index contributed by atoms with van der Waals surface area (Å²) in [6, 6.07) is 15.7. The average Bonchev–Trinajstić information content (AvgIpc) is 2.52. The summed E-state index contributed by atoms with van der Waals surface area (Å²) in [4.78, 5) is 0. The van der Waals surface area contributed by atoms with Gasteiger partial charge in [-0.2, -0.15) is 0 Å². The molecule has 0 aliphatic rings. The summed E-state index contributed by atoms with van der Waals surface area (Å²) in [5.41, 5.74) is 6.88. The van der Waals surface area contributed by atoms with Gasteiger partial charge in [-0.3, -0.25) is 0 Å². The molecule has 0 heterocycles. The summed E-state index contributed by atoms with van der Waals surface area (Å²) in [6.07, 6.45) is 4.43. The smallest absolute Gasteiger partial charge is 0.0216 e.